The first-order valence-electron chi connectivity index (χ1n) is 9.38. The standard InChI is InChI=1S/C27H20/c1-19-13-15-21(16-14-19)23-17-18-27(26-11-5-4-10-24(23)26)25-12-6-8-20-7-2-3-9-22(20)25/h2-18H,1H3. The van der Waals surface area contributed by atoms with Crippen molar-refractivity contribution in [2.75, 3.05) is 0 Å². The summed E-state index contributed by atoms with van der Waals surface area (Å²) in [7, 11) is 0. The Morgan fingerprint density at radius 2 is 0.963 bits per heavy atom. The van der Waals surface area contributed by atoms with Crippen molar-refractivity contribution in [1.29, 1.82) is 0 Å². The van der Waals surface area contributed by atoms with Crippen LogP contribution in [0.15, 0.2) is 103 Å². The monoisotopic (exact) mass is 344 g/mol. The van der Waals surface area contributed by atoms with Gasteiger partial charge in [-0.1, -0.05) is 109 Å². The Hall–Kier alpha value is -3.38. The number of hydrogen-bond acceptors (Lipinski definition) is 0. The van der Waals surface area contributed by atoms with E-state index >= 15 is 0 Å². The molecule has 0 atom stereocenters. The average molecular weight is 344 g/mol. The summed E-state index contributed by atoms with van der Waals surface area (Å²) in [4.78, 5) is 0. The van der Waals surface area contributed by atoms with Crippen molar-refractivity contribution >= 4 is 21.5 Å². The van der Waals surface area contributed by atoms with E-state index < -0.39 is 0 Å². The minimum absolute atomic E-state index is 1.27. The summed E-state index contributed by atoms with van der Waals surface area (Å²) in [5, 5.41) is 5.17. The van der Waals surface area contributed by atoms with Crippen LogP contribution in [-0.4, -0.2) is 0 Å². The minimum Gasteiger partial charge on any atom is -0.0616 e. The molecule has 0 fully saturated rings. The van der Waals surface area contributed by atoms with Gasteiger partial charge in [-0.15, -0.1) is 0 Å². The third-order valence-corrected chi connectivity index (χ3v) is 5.37. The third-order valence-electron chi connectivity index (χ3n) is 5.37. The van der Waals surface area contributed by atoms with Crippen molar-refractivity contribution in [2.45, 2.75) is 6.92 Å². The minimum atomic E-state index is 1.27. The maximum atomic E-state index is 2.28. The van der Waals surface area contributed by atoms with E-state index in [1.54, 1.807) is 0 Å². The second-order valence-corrected chi connectivity index (χ2v) is 7.10. The van der Waals surface area contributed by atoms with Crippen LogP contribution in [0.4, 0.5) is 0 Å². The molecule has 0 aliphatic carbocycles. The predicted molar refractivity (Wildman–Crippen MR) is 117 cm³/mol. The highest BCUT2D eigenvalue weighted by Crippen LogP contribution is 2.38. The molecule has 128 valence electrons. The number of benzene rings is 5. The zero-order chi connectivity index (χ0) is 18.2. The lowest BCUT2D eigenvalue weighted by Crippen LogP contribution is -1.87. The van der Waals surface area contributed by atoms with E-state index in [0.717, 1.165) is 0 Å². The Morgan fingerprint density at radius 3 is 1.74 bits per heavy atom. The topological polar surface area (TPSA) is 0 Å². The summed E-state index contributed by atoms with van der Waals surface area (Å²) in [5.74, 6) is 0. The molecule has 0 aliphatic heterocycles. The molecule has 0 spiro atoms. The Balaban J connectivity index is 1.80. The van der Waals surface area contributed by atoms with Crippen molar-refractivity contribution in [1.82, 2.24) is 0 Å². The van der Waals surface area contributed by atoms with Crippen LogP contribution < -0.4 is 0 Å². The number of rotatable bonds is 2. The van der Waals surface area contributed by atoms with Gasteiger partial charge >= 0.3 is 0 Å². The molecule has 5 aromatic carbocycles. The third kappa shape index (κ3) is 2.71. The Bertz CT molecular complexity index is 1260. The van der Waals surface area contributed by atoms with Gasteiger partial charge in [0, 0.05) is 0 Å². The fraction of sp³-hybridized carbons (Fsp3) is 0.0370. The van der Waals surface area contributed by atoms with E-state index in [-0.39, 0.29) is 0 Å². The molecule has 27 heavy (non-hydrogen) atoms. The zero-order valence-electron chi connectivity index (χ0n) is 15.3. The largest absolute Gasteiger partial charge is 0.0616 e. The Labute approximate surface area is 159 Å². The molecule has 0 saturated heterocycles. The molecule has 5 aromatic rings. The molecule has 0 radical (unpaired) electrons. The van der Waals surface area contributed by atoms with Crippen molar-refractivity contribution < 1.29 is 0 Å². The van der Waals surface area contributed by atoms with Gasteiger partial charge in [0.25, 0.3) is 0 Å². The lowest BCUT2D eigenvalue weighted by molar-refractivity contribution is 1.47. The van der Waals surface area contributed by atoms with Crippen LogP contribution in [-0.2, 0) is 0 Å². The van der Waals surface area contributed by atoms with Gasteiger partial charge in [-0.25, -0.2) is 0 Å². The molecule has 5 rings (SSSR count). The predicted octanol–water partition coefficient (Wildman–Crippen LogP) is 7.64. The van der Waals surface area contributed by atoms with E-state index in [9.17, 15) is 0 Å². The van der Waals surface area contributed by atoms with E-state index in [0.29, 0.717) is 0 Å². The molecule has 0 bridgehead atoms. The van der Waals surface area contributed by atoms with Crippen molar-refractivity contribution in [2.24, 2.45) is 0 Å². The van der Waals surface area contributed by atoms with Crippen LogP contribution in [0.25, 0.3) is 43.8 Å². The van der Waals surface area contributed by atoms with Gasteiger partial charge in [-0.3, -0.25) is 0 Å². The molecule has 0 nitrogen and oxygen atoms in total. The van der Waals surface area contributed by atoms with Crippen molar-refractivity contribution in [3.63, 3.8) is 0 Å². The first-order chi connectivity index (χ1) is 13.3. The van der Waals surface area contributed by atoms with Gasteiger partial charge in [0.05, 0.1) is 0 Å². The molecule has 0 saturated carbocycles. The Kier molecular flexibility index (Phi) is 3.76. The van der Waals surface area contributed by atoms with Crippen LogP contribution >= 0.6 is 0 Å². The normalized spacial score (nSPS) is 11.1. The molecule has 0 unspecified atom stereocenters. The summed E-state index contributed by atoms with van der Waals surface area (Å²) in [6, 6.07) is 37.3. The zero-order valence-corrected chi connectivity index (χ0v) is 15.3. The molecule has 0 heterocycles. The summed E-state index contributed by atoms with van der Waals surface area (Å²) >= 11 is 0. The molecule has 0 heteroatoms. The Morgan fingerprint density at radius 1 is 0.407 bits per heavy atom. The van der Waals surface area contributed by atoms with Crippen LogP contribution in [0.1, 0.15) is 5.56 Å². The van der Waals surface area contributed by atoms with E-state index in [1.807, 2.05) is 0 Å². The average Bonchev–Trinajstić information content (AvgIpc) is 2.73. The fourth-order valence-corrected chi connectivity index (χ4v) is 3.98. The highest BCUT2D eigenvalue weighted by atomic mass is 14.1. The summed E-state index contributed by atoms with van der Waals surface area (Å²) < 4.78 is 0. The van der Waals surface area contributed by atoms with Crippen LogP contribution in [0.3, 0.4) is 0 Å². The van der Waals surface area contributed by atoms with Gasteiger partial charge in [-0.05, 0) is 50.7 Å². The SMILES string of the molecule is Cc1ccc(-c2ccc(-c3cccc4ccccc34)c3ccccc23)cc1. The van der Waals surface area contributed by atoms with E-state index in [4.69, 9.17) is 0 Å². The first kappa shape index (κ1) is 15.8. The lowest BCUT2D eigenvalue weighted by Gasteiger charge is -2.14. The van der Waals surface area contributed by atoms with Gasteiger partial charge in [0.2, 0.25) is 0 Å². The van der Waals surface area contributed by atoms with Gasteiger partial charge in [0.15, 0.2) is 0 Å². The van der Waals surface area contributed by atoms with Crippen LogP contribution in [0.5, 0.6) is 0 Å². The van der Waals surface area contributed by atoms with Crippen molar-refractivity contribution in [3.05, 3.63) is 109 Å². The van der Waals surface area contributed by atoms with Crippen LogP contribution in [0, 0.1) is 6.92 Å². The quantitative estimate of drug-likeness (QED) is 0.309. The first-order valence-corrected chi connectivity index (χ1v) is 9.38. The molecular weight excluding hydrogens is 324 g/mol. The fourth-order valence-electron chi connectivity index (χ4n) is 3.98. The van der Waals surface area contributed by atoms with E-state index in [1.165, 1.54) is 49.4 Å². The number of fused-ring (bicyclic) bond motifs is 2. The second-order valence-electron chi connectivity index (χ2n) is 7.10. The molecule has 0 aromatic heterocycles. The highest BCUT2D eigenvalue weighted by Gasteiger charge is 2.11. The lowest BCUT2D eigenvalue weighted by atomic mass is 9.90. The summed E-state index contributed by atoms with van der Waals surface area (Å²) in [6.45, 7) is 2.13. The van der Waals surface area contributed by atoms with Crippen molar-refractivity contribution in [3.8, 4) is 22.3 Å². The smallest absolute Gasteiger partial charge is 0.00987 e. The van der Waals surface area contributed by atoms with Gasteiger partial charge in [-0.2, -0.15) is 0 Å². The number of hydrogen-bond donors (Lipinski definition) is 0. The van der Waals surface area contributed by atoms with E-state index in [2.05, 4.69) is 110 Å². The molecule has 0 N–H and O–H groups in total. The second kappa shape index (κ2) is 6.41. The molecular formula is C27H20. The summed E-state index contributed by atoms with van der Waals surface area (Å²) in [5.41, 5.74) is 6.42. The maximum absolute atomic E-state index is 2.28. The number of aryl methyl sites for hydroxylation is 1. The molecule has 0 amide bonds. The van der Waals surface area contributed by atoms with Gasteiger partial charge in [0.1, 0.15) is 0 Å². The van der Waals surface area contributed by atoms with Crippen LogP contribution in [0.2, 0.25) is 0 Å². The highest BCUT2D eigenvalue weighted by molar-refractivity contribution is 6.09. The summed E-state index contributed by atoms with van der Waals surface area (Å²) in [6.07, 6.45) is 0. The maximum Gasteiger partial charge on any atom is -0.00987 e. The molecule has 0 aliphatic rings. The van der Waals surface area contributed by atoms with Gasteiger partial charge < -0.3 is 0 Å².